The van der Waals surface area contributed by atoms with E-state index in [0.717, 1.165) is 24.3 Å². The van der Waals surface area contributed by atoms with E-state index in [9.17, 15) is 23.3 Å². The average molecular weight is 318 g/mol. The highest BCUT2D eigenvalue weighted by Gasteiger charge is 2.34. The SMILES string of the molecule is O=[N+]([O-])c1ccc(Oc2ccccc2C(F)(F)F)cc1Cl. The number of benzene rings is 2. The molecule has 0 aromatic heterocycles. The Morgan fingerprint density at radius 1 is 1.14 bits per heavy atom. The van der Waals surface area contributed by atoms with Gasteiger partial charge in [0.25, 0.3) is 5.69 Å². The van der Waals surface area contributed by atoms with Crippen molar-refractivity contribution in [2.24, 2.45) is 0 Å². The molecule has 0 saturated heterocycles. The number of nitrogens with zero attached hydrogens (tertiary/aromatic N) is 1. The van der Waals surface area contributed by atoms with Gasteiger partial charge in [0.05, 0.1) is 10.5 Å². The second kappa shape index (κ2) is 5.61. The van der Waals surface area contributed by atoms with Gasteiger partial charge in [-0.2, -0.15) is 13.2 Å². The summed E-state index contributed by atoms with van der Waals surface area (Å²) in [4.78, 5) is 9.91. The summed E-state index contributed by atoms with van der Waals surface area (Å²) in [7, 11) is 0. The fourth-order valence-electron chi connectivity index (χ4n) is 1.62. The van der Waals surface area contributed by atoms with Crippen LogP contribution in [-0.2, 0) is 6.18 Å². The molecule has 8 heteroatoms. The average Bonchev–Trinajstić information content (AvgIpc) is 2.37. The summed E-state index contributed by atoms with van der Waals surface area (Å²) in [5, 5.41) is 10.4. The normalized spacial score (nSPS) is 11.2. The van der Waals surface area contributed by atoms with E-state index in [2.05, 4.69) is 0 Å². The zero-order chi connectivity index (χ0) is 15.6. The first kappa shape index (κ1) is 15.1. The number of hydrogen-bond donors (Lipinski definition) is 0. The van der Waals surface area contributed by atoms with Crippen molar-refractivity contribution in [1.82, 2.24) is 0 Å². The zero-order valence-electron chi connectivity index (χ0n) is 10.2. The van der Waals surface area contributed by atoms with Crippen LogP contribution in [0.3, 0.4) is 0 Å². The summed E-state index contributed by atoms with van der Waals surface area (Å²) in [5.41, 5.74) is -1.30. The Bertz CT molecular complexity index is 689. The molecule has 0 heterocycles. The molecule has 0 fully saturated rings. The number of halogens is 4. The standard InChI is InChI=1S/C13H7ClF3NO3/c14-10-7-8(5-6-11(10)18(19)20)21-12-4-2-1-3-9(12)13(15,16)17/h1-7H. The van der Waals surface area contributed by atoms with E-state index in [4.69, 9.17) is 16.3 Å². The molecular formula is C13H7ClF3NO3. The largest absolute Gasteiger partial charge is 0.457 e. The van der Waals surface area contributed by atoms with Gasteiger partial charge in [0.15, 0.2) is 0 Å². The van der Waals surface area contributed by atoms with Gasteiger partial charge in [-0.1, -0.05) is 23.7 Å². The molecule has 110 valence electrons. The number of para-hydroxylation sites is 1. The molecule has 2 aromatic rings. The van der Waals surface area contributed by atoms with E-state index in [1.807, 2.05) is 0 Å². The van der Waals surface area contributed by atoms with E-state index < -0.39 is 22.4 Å². The maximum absolute atomic E-state index is 12.8. The van der Waals surface area contributed by atoms with Gasteiger partial charge in [0.2, 0.25) is 0 Å². The Hall–Kier alpha value is -2.28. The minimum atomic E-state index is -4.57. The summed E-state index contributed by atoms with van der Waals surface area (Å²) in [6.45, 7) is 0. The lowest BCUT2D eigenvalue weighted by atomic mass is 10.2. The fraction of sp³-hybridized carbons (Fsp3) is 0.0769. The number of rotatable bonds is 3. The molecular weight excluding hydrogens is 311 g/mol. The first-order valence-electron chi connectivity index (χ1n) is 5.57. The minimum Gasteiger partial charge on any atom is -0.457 e. The van der Waals surface area contributed by atoms with E-state index in [1.165, 1.54) is 18.2 Å². The predicted molar refractivity (Wildman–Crippen MR) is 69.6 cm³/mol. The Kier molecular flexibility index (Phi) is 4.04. The van der Waals surface area contributed by atoms with Crippen LogP contribution in [0, 0.1) is 10.1 Å². The Labute approximate surface area is 121 Å². The van der Waals surface area contributed by atoms with Gasteiger partial charge in [-0.25, -0.2) is 0 Å². The first-order valence-corrected chi connectivity index (χ1v) is 5.95. The quantitative estimate of drug-likeness (QED) is 0.587. The number of nitro benzene ring substituents is 1. The molecule has 0 atom stereocenters. The van der Waals surface area contributed by atoms with Crippen molar-refractivity contribution in [3.63, 3.8) is 0 Å². The number of alkyl halides is 3. The van der Waals surface area contributed by atoms with Crippen molar-refractivity contribution in [1.29, 1.82) is 0 Å². The molecule has 0 aliphatic carbocycles. The van der Waals surface area contributed by atoms with Crippen LogP contribution < -0.4 is 4.74 Å². The van der Waals surface area contributed by atoms with Gasteiger partial charge in [-0.3, -0.25) is 10.1 Å². The minimum absolute atomic E-state index is 0.0256. The molecule has 0 spiro atoms. The van der Waals surface area contributed by atoms with Crippen molar-refractivity contribution in [3.8, 4) is 11.5 Å². The van der Waals surface area contributed by atoms with Crippen molar-refractivity contribution >= 4 is 17.3 Å². The predicted octanol–water partition coefficient (Wildman–Crippen LogP) is 5.06. The van der Waals surface area contributed by atoms with Crippen LogP contribution in [0.5, 0.6) is 11.5 Å². The molecule has 0 N–H and O–H groups in total. The van der Waals surface area contributed by atoms with Crippen molar-refractivity contribution in [3.05, 3.63) is 63.2 Å². The summed E-state index contributed by atoms with van der Waals surface area (Å²) >= 11 is 5.68. The first-order chi connectivity index (χ1) is 9.79. The fourth-order valence-corrected chi connectivity index (χ4v) is 1.86. The maximum atomic E-state index is 12.8. The monoisotopic (exact) mass is 317 g/mol. The topological polar surface area (TPSA) is 52.4 Å². The summed E-state index contributed by atoms with van der Waals surface area (Å²) < 4.78 is 43.5. The number of hydrogen-bond acceptors (Lipinski definition) is 3. The van der Waals surface area contributed by atoms with Gasteiger partial charge in [-0.05, 0) is 18.2 Å². The molecule has 0 saturated carbocycles. The highest BCUT2D eigenvalue weighted by atomic mass is 35.5. The van der Waals surface area contributed by atoms with Crippen molar-refractivity contribution in [2.75, 3.05) is 0 Å². The molecule has 2 aromatic carbocycles. The highest BCUT2D eigenvalue weighted by molar-refractivity contribution is 6.32. The third-order valence-corrected chi connectivity index (χ3v) is 2.84. The maximum Gasteiger partial charge on any atom is 0.419 e. The Balaban J connectivity index is 2.35. The lowest BCUT2D eigenvalue weighted by Crippen LogP contribution is -2.06. The number of ether oxygens (including phenoxy) is 1. The second-order valence-electron chi connectivity index (χ2n) is 3.97. The van der Waals surface area contributed by atoms with Gasteiger partial charge in [0.1, 0.15) is 16.5 Å². The van der Waals surface area contributed by atoms with Gasteiger partial charge in [0, 0.05) is 12.1 Å². The van der Waals surface area contributed by atoms with Gasteiger partial charge >= 0.3 is 6.18 Å². The third kappa shape index (κ3) is 3.43. The molecule has 0 unspecified atom stereocenters. The zero-order valence-corrected chi connectivity index (χ0v) is 11.0. The molecule has 0 bridgehead atoms. The summed E-state index contributed by atoms with van der Waals surface area (Å²) in [6, 6.07) is 7.98. The smallest absolute Gasteiger partial charge is 0.419 e. The molecule has 0 aliphatic heterocycles. The van der Waals surface area contributed by atoms with Crippen LogP contribution in [0.15, 0.2) is 42.5 Å². The summed E-state index contributed by atoms with van der Waals surface area (Å²) in [6.07, 6.45) is -4.57. The van der Waals surface area contributed by atoms with E-state index >= 15 is 0 Å². The van der Waals surface area contributed by atoms with E-state index in [1.54, 1.807) is 0 Å². The van der Waals surface area contributed by atoms with E-state index in [0.29, 0.717) is 0 Å². The second-order valence-corrected chi connectivity index (χ2v) is 4.37. The Morgan fingerprint density at radius 2 is 1.81 bits per heavy atom. The lowest BCUT2D eigenvalue weighted by Gasteiger charge is -2.13. The molecule has 21 heavy (non-hydrogen) atoms. The van der Waals surface area contributed by atoms with Crippen molar-refractivity contribution < 1.29 is 22.8 Å². The van der Waals surface area contributed by atoms with Crippen LogP contribution >= 0.6 is 11.6 Å². The molecule has 0 radical (unpaired) electrons. The van der Waals surface area contributed by atoms with Gasteiger partial charge < -0.3 is 4.74 Å². The summed E-state index contributed by atoms with van der Waals surface area (Å²) in [5.74, 6) is -0.433. The number of nitro groups is 1. The molecule has 0 amide bonds. The van der Waals surface area contributed by atoms with Gasteiger partial charge in [-0.15, -0.1) is 0 Å². The third-order valence-electron chi connectivity index (χ3n) is 2.54. The van der Waals surface area contributed by atoms with Crippen LogP contribution in [-0.4, -0.2) is 4.92 Å². The van der Waals surface area contributed by atoms with Crippen molar-refractivity contribution in [2.45, 2.75) is 6.18 Å². The molecule has 0 aliphatic rings. The lowest BCUT2D eigenvalue weighted by molar-refractivity contribution is -0.384. The molecule has 4 nitrogen and oxygen atoms in total. The van der Waals surface area contributed by atoms with Crippen LogP contribution in [0.25, 0.3) is 0 Å². The van der Waals surface area contributed by atoms with Crippen LogP contribution in [0.2, 0.25) is 5.02 Å². The van der Waals surface area contributed by atoms with E-state index in [-0.39, 0.29) is 16.5 Å². The van der Waals surface area contributed by atoms with Crippen LogP contribution in [0.4, 0.5) is 18.9 Å². The highest BCUT2D eigenvalue weighted by Crippen LogP contribution is 2.39. The molecule has 2 rings (SSSR count). The van der Waals surface area contributed by atoms with Crippen LogP contribution in [0.1, 0.15) is 5.56 Å². The Morgan fingerprint density at radius 3 is 2.38 bits per heavy atom.